The summed E-state index contributed by atoms with van der Waals surface area (Å²) in [6.45, 7) is 6.65. The first-order chi connectivity index (χ1) is 6.38. The highest BCUT2D eigenvalue weighted by Crippen LogP contribution is 2.16. The Morgan fingerprint density at radius 1 is 1.38 bits per heavy atom. The van der Waals surface area contributed by atoms with Gasteiger partial charge in [0.25, 0.3) is 0 Å². The van der Waals surface area contributed by atoms with Crippen molar-refractivity contribution in [2.24, 2.45) is 0 Å². The van der Waals surface area contributed by atoms with Crippen LogP contribution in [0.4, 0.5) is 0 Å². The van der Waals surface area contributed by atoms with Crippen molar-refractivity contribution >= 4 is 11.3 Å². The van der Waals surface area contributed by atoms with Crippen LogP contribution in [0.25, 0.3) is 0 Å². The van der Waals surface area contributed by atoms with E-state index < -0.39 is 0 Å². The number of unbranched alkanes of at least 4 members (excludes halogenated alkanes) is 1. The lowest BCUT2D eigenvalue weighted by Crippen LogP contribution is -2.14. The fourth-order valence-electron chi connectivity index (χ4n) is 1.34. The smallest absolute Gasteiger partial charge is 0.0302 e. The first-order valence-electron chi connectivity index (χ1n) is 5.14. The minimum Gasteiger partial charge on any atom is -0.312 e. The molecule has 0 saturated heterocycles. The molecule has 0 amide bonds. The molecule has 1 N–H and O–H groups in total. The summed E-state index contributed by atoms with van der Waals surface area (Å²) in [5.74, 6) is 0. The van der Waals surface area contributed by atoms with E-state index in [4.69, 9.17) is 0 Å². The number of rotatable bonds is 6. The van der Waals surface area contributed by atoms with Crippen molar-refractivity contribution in [1.29, 1.82) is 0 Å². The van der Waals surface area contributed by atoms with Crippen LogP contribution in [0.3, 0.4) is 0 Å². The van der Waals surface area contributed by atoms with Crippen molar-refractivity contribution < 1.29 is 0 Å². The third kappa shape index (κ3) is 3.49. The van der Waals surface area contributed by atoms with Gasteiger partial charge in [0.05, 0.1) is 0 Å². The highest BCUT2D eigenvalue weighted by molar-refractivity contribution is 7.10. The molecule has 1 heterocycles. The molecule has 1 aromatic rings. The Labute approximate surface area is 85.2 Å². The van der Waals surface area contributed by atoms with Gasteiger partial charge in [0.2, 0.25) is 0 Å². The van der Waals surface area contributed by atoms with Crippen molar-refractivity contribution in [3.63, 3.8) is 0 Å². The minimum absolute atomic E-state index is 1.06. The van der Waals surface area contributed by atoms with Gasteiger partial charge in [-0.1, -0.05) is 20.3 Å². The van der Waals surface area contributed by atoms with Crippen molar-refractivity contribution in [1.82, 2.24) is 5.32 Å². The fraction of sp³-hybridized carbons (Fsp3) is 0.636. The van der Waals surface area contributed by atoms with E-state index in [0.717, 1.165) is 19.5 Å². The maximum atomic E-state index is 3.47. The van der Waals surface area contributed by atoms with Gasteiger partial charge in [-0.05, 0) is 36.4 Å². The molecule has 1 rings (SSSR count). The van der Waals surface area contributed by atoms with E-state index in [1.807, 2.05) is 11.3 Å². The lowest BCUT2D eigenvalue weighted by Gasteiger charge is -2.03. The Hall–Kier alpha value is -0.340. The number of thiophene rings is 1. The summed E-state index contributed by atoms with van der Waals surface area (Å²) in [7, 11) is 0. The predicted octanol–water partition coefficient (Wildman–Crippen LogP) is 3.20. The molecule has 0 fully saturated rings. The molecule has 2 heteroatoms. The summed E-state index contributed by atoms with van der Waals surface area (Å²) >= 11 is 1.87. The van der Waals surface area contributed by atoms with Crippen LogP contribution in [0.15, 0.2) is 11.4 Å². The Morgan fingerprint density at radius 3 is 2.92 bits per heavy atom. The average Bonchev–Trinajstić information content (AvgIpc) is 2.60. The number of hydrogen-bond donors (Lipinski definition) is 1. The largest absolute Gasteiger partial charge is 0.312 e. The second-order valence-electron chi connectivity index (χ2n) is 3.25. The van der Waals surface area contributed by atoms with E-state index in [9.17, 15) is 0 Å². The summed E-state index contributed by atoms with van der Waals surface area (Å²) in [6.07, 6.45) is 3.72. The molecule has 0 unspecified atom stereocenters. The molecule has 1 aromatic heterocycles. The molecule has 13 heavy (non-hydrogen) atoms. The van der Waals surface area contributed by atoms with E-state index in [1.165, 1.54) is 23.3 Å². The average molecular weight is 197 g/mol. The van der Waals surface area contributed by atoms with Gasteiger partial charge in [0.1, 0.15) is 0 Å². The number of aryl methyl sites for hydroxylation is 1. The maximum Gasteiger partial charge on any atom is 0.0302 e. The molecule has 74 valence electrons. The van der Waals surface area contributed by atoms with Gasteiger partial charge in [0.15, 0.2) is 0 Å². The topological polar surface area (TPSA) is 12.0 Å². The van der Waals surface area contributed by atoms with Crippen LogP contribution in [0.1, 0.15) is 37.1 Å². The van der Waals surface area contributed by atoms with Crippen LogP contribution in [0.2, 0.25) is 0 Å². The van der Waals surface area contributed by atoms with E-state index in [-0.39, 0.29) is 0 Å². The molecule has 0 aromatic carbocycles. The van der Waals surface area contributed by atoms with Crippen LogP contribution in [-0.4, -0.2) is 6.54 Å². The molecule has 0 saturated carbocycles. The molecular formula is C11H19NS. The van der Waals surface area contributed by atoms with E-state index in [0.29, 0.717) is 0 Å². The molecule has 0 aliphatic carbocycles. The fourth-order valence-corrected chi connectivity index (χ4v) is 2.29. The predicted molar refractivity (Wildman–Crippen MR) is 60.3 cm³/mol. The van der Waals surface area contributed by atoms with E-state index in [2.05, 4.69) is 30.6 Å². The van der Waals surface area contributed by atoms with Gasteiger partial charge in [0, 0.05) is 11.4 Å². The minimum atomic E-state index is 1.06. The van der Waals surface area contributed by atoms with Gasteiger partial charge < -0.3 is 5.32 Å². The maximum absolute atomic E-state index is 3.47. The Morgan fingerprint density at radius 2 is 2.23 bits per heavy atom. The van der Waals surface area contributed by atoms with Gasteiger partial charge in [-0.25, -0.2) is 0 Å². The standard InChI is InChI=1S/C11H19NS/c1-3-5-7-12-9-11-10(4-2)6-8-13-11/h6,8,12H,3-5,7,9H2,1-2H3. The lowest BCUT2D eigenvalue weighted by atomic mass is 10.2. The van der Waals surface area contributed by atoms with Gasteiger partial charge in [-0.2, -0.15) is 0 Å². The van der Waals surface area contributed by atoms with E-state index >= 15 is 0 Å². The molecule has 0 atom stereocenters. The molecule has 0 bridgehead atoms. The lowest BCUT2D eigenvalue weighted by molar-refractivity contribution is 0.644. The third-order valence-electron chi connectivity index (χ3n) is 2.21. The van der Waals surface area contributed by atoms with Crippen LogP contribution < -0.4 is 5.32 Å². The number of hydrogen-bond acceptors (Lipinski definition) is 2. The summed E-state index contributed by atoms with van der Waals surface area (Å²) in [5, 5.41) is 5.66. The van der Waals surface area contributed by atoms with Crippen molar-refractivity contribution in [2.45, 2.75) is 39.7 Å². The van der Waals surface area contributed by atoms with Crippen molar-refractivity contribution in [3.05, 3.63) is 21.9 Å². The van der Waals surface area contributed by atoms with Crippen LogP contribution >= 0.6 is 11.3 Å². The van der Waals surface area contributed by atoms with Gasteiger partial charge in [-0.3, -0.25) is 0 Å². The molecule has 0 radical (unpaired) electrons. The summed E-state index contributed by atoms with van der Waals surface area (Å²) in [4.78, 5) is 1.51. The first-order valence-corrected chi connectivity index (χ1v) is 6.02. The zero-order chi connectivity index (χ0) is 9.52. The Balaban J connectivity index is 2.27. The SMILES string of the molecule is CCCCNCc1sccc1CC. The highest BCUT2D eigenvalue weighted by Gasteiger charge is 2.00. The quantitative estimate of drug-likeness (QED) is 0.691. The third-order valence-corrected chi connectivity index (χ3v) is 3.17. The van der Waals surface area contributed by atoms with E-state index in [1.54, 1.807) is 0 Å². The normalized spacial score (nSPS) is 10.6. The second kappa shape index (κ2) is 6.17. The molecule has 0 aliphatic rings. The van der Waals surface area contributed by atoms with Crippen LogP contribution in [0.5, 0.6) is 0 Å². The van der Waals surface area contributed by atoms with Crippen LogP contribution in [0, 0.1) is 0 Å². The zero-order valence-corrected chi connectivity index (χ0v) is 9.41. The first kappa shape index (κ1) is 10.7. The summed E-state index contributed by atoms with van der Waals surface area (Å²) < 4.78 is 0. The molecule has 0 spiro atoms. The summed E-state index contributed by atoms with van der Waals surface area (Å²) in [6, 6.07) is 2.24. The number of nitrogens with one attached hydrogen (secondary N) is 1. The van der Waals surface area contributed by atoms with Crippen molar-refractivity contribution in [2.75, 3.05) is 6.54 Å². The van der Waals surface area contributed by atoms with Crippen molar-refractivity contribution in [3.8, 4) is 0 Å². The van der Waals surface area contributed by atoms with Gasteiger partial charge in [-0.15, -0.1) is 11.3 Å². The zero-order valence-electron chi connectivity index (χ0n) is 8.60. The highest BCUT2D eigenvalue weighted by atomic mass is 32.1. The van der Waals surface area contributed by atoms with Crippen LogP contribution in [-0.2, 0) is 13.0 Å². The molecule has 1 nitrogen and oxygen atoms in total. The molecule has 0 aliphatic heterocycles. The van der Waals surface area contributed by atoms with Gasteiger partial charge >= 0.3 is 0 Å². The monoisotopic (exact) mass is 197 g/mol. The Bertz CT molecular complexity index is 230. The second-order valence-corrected chi connectivity index (χ2v) is 4.25. The Kier molecular flexibility index (Phi) is 5.09. The summed E-state index contributed by atoms with van der Waals surface area (Å²) in [5.41, 5.74) is 1.51. The molecular weight excluding hydrogens is 178 g/mol.